The second-order valence-corrected chi connectivity index (χ2v) is 7.35. The van der Waals surface area contributed by atoms with Crippen molar-refractivity contribution in [3.05, 3.63) is 109 Å². The van der Waals surface area contributed by atoms with E-state index in [0.29, 0.717) is 10.8 Å². The molecule has 7 heteroatoms. The molecule has 5 rings (SSSR count). The second kappa shape index (κ2) is 7.68. The van der Waals surface area contributed by atoms with E-state index in [-0.39, 0.29) is 17.9 Å². The minimum Gasteiger partial charge on any atom is -0.351 e. The zero-order valence-corrected chi connectivity index (χ0v) is 16.7. The van der Waals surface area contributed by atoms with E-state index in [1.165, 1.54) is 6.07 Å². The number of thiocarbonyl (C=S) groups is 1. The van der Waals surface area contributed by atoms with Gasteiger partial charge in [-0.1, -0.05) is 18.2 Å². The van der Waals surface area contributed by atoms with Crippen LogP contribution < -0.4 is 10.2 Å². The lowest BCUT2D eigenvalue weighted by atomic mass is 10.0. The Balaban J connectivity index is 1.69. The number of nitrogens with one attached hydrogen (secondary N) is 1. The fourth-order valence-electron chi connectivity index (χ4n) is 3.93. The van der Waals surface area contributed by atoms with Crippen molar-refractivity contribution in [1.29, 1.82) is 0 Å². The number of aromatic nitrogens is 3. The summed E-state index contributed by atoms with van der Waals surface area (Å²) in [6.07, 6.45) is 7.26. The molecule has 30 heavy (non-hydrogen) atoms. The molecule has 1 N–H and O–H groups in total. The van der Waals surface area contributed by atoms with Crippen LogP contribution in [0, 0.1) is 5.82 Å². The van der Waals surface area contributed by atoms with E-state index < -0.39 is 0 Å². The molecule has 5 nitrogen and oxygen atoms in total. The number of anilines is 1. The predicted molar refractivity (Wildman–Crippen MR) is 118 cm³/mol. The van der Waals surface area contributed by atoms with E-state index in [1.807, 2.05) is 59.6 Å². The van der Waals surface area contributed by atoms with Crippen molar-refractivity contribution in [2.24, 2.45) is 0 Å². The molecule has 0 spiro atoms. The number of rotatable bonds is 4. The van der Waals surface area contributed by atoms with E-state index in [0.717, 1.165) is 17.1 Å². The monoisotopic (exact) mass is 415 g/mol. The average Bonchev–Trinajstić information content (AvgIpc) is 3.40. The highest BCUT2D eigenvalue weighted by Crippen LogP contribution is 2.42. The molecular weight excluding hydrogens is 397 g/mol. The molecule has 1 fully saturated rings. The highest BCUT2D eigenvalue weighted by molar-refractivity contribution is 7.80. The van der Waals surface area contributed by atoms with E-state index >= 15 is 0 Å². The molecule has 1 aromatic carbocycles. The molecule has 1 aliphatic heterocycles. The molecule has 3 aromatic heterocycles. The average molecular weight is 415 g/mol. The summed E-state index contributed by atoms with van der Waals surface area (Å²) >= 11 is 5.67. The minimum atomic E-state index is -0.326. The lowest BCUT2D eigenvalue weighted by molar-refractivity contribution is 0.542. The lowest BCUT2D eigenvalue weighted by Gasteiger charge is -2.29. The summed E-state index contributed by atoms with van der Waals surface area (Å²) in [5.74, 6) is -0.326. The highest BCUT2D eigenvalue weighted by Gasteiger charge is 2.42. The zero-order chi connectivity index (χ0) is 20.5. The van der Waals surface area contributed by atoms with Gasteiger partial charge in [-0.05, 0) is 60.7 Å². The van der Waals surface area contributed by atoms with Crippen LogP contribution in [0.3, 0.4) is 0 Å². The normalized spacial score (nSPS) is 18.4. The van der Waals surface area contributed by atoms with E-state index in [1.54, 1.807) is 30.7 Å². The first-order valence-electron chi connectivity index (χ1n) is 9.57. The summed E-state index contributed by atoms with van der Waals surface area (Å²) in [7, 11) is 0. The molecule has 0 aliphatic carbocycles. The Kier molecular flexibility index (Phi) is 4.72. The van der Waals surface area contributed by atoms with Crippen LogP contribution in [-0.2, 0) is 0 Å². The van der Waals surface area contributed by atoms with Crippen LogP contribution in [0.25, 0.3) is 5.69 Å². The number of nitrogens with zero attached hydrogens (tertiary/aromatic N) is 4. The van der Waals surface area contributed by atoms with E-state index in [2.05, 4.69) is 19.9 Å². The van der Waals surface area contributed by atoms with Gasteiger partial charge in [0.1, 0.15) is 11.9 Å². The molecule has 0 bridgehead atoms. The predicted octanol–water partition coefficient (Wildman–Crippen LogP) is 4.58. The molecule has 2 atom stereocenters. The molecule has 0 radical (unpaired) electrons. The smallest absolute Gasteiger partial charge is 0.174 e. The van der Waals surface area contributed by atoms with Crippen LogP contribution >= 0.6 is 12.2 Å². The Morgan fingerprint density at radius 1 is 0.933 bits per heavy atom. The molecule has 0 amide bonds. The first-order valence-corrected chi connectivity index (χ1v) is 9.98. The van der Waals surface area contributed by atoms with Crippen molar-refractivity contribution in [2.45, 2.75) is 12.1 Å². The zero-order valence-electron chi connectivity index (χ0n) is 15.9. The number of para-hydroxylation sites is 1. The third-order valence-electron chi connectivity index (χ3n) is 5.22. The van der Waals surface area contributed by atoms with Gasteiger partial charge in [0.2, 0.25) is 0 Å². The number of pyridine rings is 2. The fourth-order valence-corrected chi connectivity index (χ4v) is 4.27. The van der Waals surface area contributed by atoms with Gasteiger partial charge in [0.25, 0.3) is 0 Å². The quantitative estimate of drug-likeness (QED) is 0.494. The van der Waals surface area contributed by atoms with Gasteiger partial charge >= 0.3 is 0 Å². The molecule has 4 heterocycles. The lowest BCUT2D eigenvalue weighted by Crippen LogP contribution is -2.31. The summed E-state index contributed by atoms with van der Waals surface area (Å²) in [5, 5.41) is 3.82. The summed E-state index contributed by atoms with van der Waals surface area (Å²) in [5.41, 5.74) is 3.14. The van der Waals surface area contributed by atoms with Crippen LogP contribution in [0.1, 0.15) is 23.5 Å². The Bertz CT molecular complexity index is 1180. The van der Waals surface area contributed by atoms with Crippen LogP contribution in [0.2, 0.25) is 0 Å². The minimum absolute atomic E-state index is 0.247. The van der Waals surface area contributed by atoms with Gasteiger partial charge in [0.05, 0.1) is 29.3 Å². The molecule has 1 saturated heterocycles. The number of benzene rings is 1. The van der Waals surface area contributed by atoms with Gasteiger partial charge in [-0.2, -0.15) is 0 Å². The maximum Gasteiger partial charge on any atom is 0.174 e. The molecule has 1 aliphatic rings. The van der Waals surface area contributed by atoms with Gasteiger partial charge in [0.15, 0.2) is 5.11 Å². The Morgan fingerprint density at radius 3 is 2.57 bits per heavy atom. The summed E-state index contributed by atoms with van der Waals surface area (Å²) in [6, 6.07) is 19.8. The Morgan fingerprint density at radius 2 is 1.80 bits per heavy atom. The van der Waals surface area contributed by atoms with Crippen LogP contribution in [-0.4, -0.2) is 19.6 Å². The number of hydrogen-bond donors (Lipinski definition) is 1. The van der Waals surface area contributed by atoms with E-state index in [4.69, 9.17) is 12.2 Å². The third-order valence-corrected chi connectivity index (χ3v) is 5.53. The first-order chi connectivity index (χ1) is 14.7. The largest absolute Gasteiger partial charge is 0.351 e. The van der Waals surface area contributed by atoms with Gasteiger partial charge in [-0.15, -0.1) is 0 Å². The maximum absolute atomic E-state index is 14.8. The van der Waals surface area contributed by atoms with Crippen molar-refractivity contribution in [3.63, 3.8) is 0 Å². The van der Waals surface area contributed by atoms with Gasteiger partial charge in [-0.3, -0.25) is 9.97 Å². The fraction of sp³-hybridized carbons (Fsp3) is 0.0870. The van der Waals surface area contributed by atoms with Gasteiger partial charge in [0, 0.05) is 24.3 Å². The standard InChI is InChI=1S/C23H18FN5S/c24-17-8-1-2-10-19(17)29-22(21(27-23(29)30)18-9-3-4-13-26-18)20-11-6-14-28(20)16-7-5-12-25-15-16/h1-15,21-22H,(H,27,30). The van der Waals surface area contributed by atoms with Crippen molar-refractivity contribution in [1.82, 2.24) is 19.9 Å². The SMILES string of the molecule is Fc1ccccc1N1C(=S)NC(c2ccccn2)C1c1cccn1-c1cccnc1. The molecule has 148 valence electrons. The van der Waals surface area contributed by atoms with Crippen molar-refractivity contribution < 1.29 is 4.39 Å². The summed E-state index contributed by atoms with van der Waals surface area (Å²) < 4.78 is 16.9. The highest BCUT2D eigenvalue weighted by atomic mass is 32.1. The molecule has 0 saturated carbocycles. The Hall–Kier alpha value is -3.58. The first kappa shape index (κ1) is 18.4. The Labute approximate surface area is 178 Å². The third kappa shape index (κ3) is 3.13. The van der Waals surface area contributed by atoms with E-state index in [9.17, 15) is 4.39 Å². The van der Waals surface area contributed by atoms with Gasteiger partial charge < -0.3 is 14.8 Å². The van der Waals surface area contributed by atoms with Crippen LogP contribution in [0.15, 0.2) is 91.5 Å². The maximum atomic E-state index is 14.8. The number of halogens is 1. The second-order valence-electron chi connectivity index (χ2n) is 6.96. The van der Waals surface area contributed by atoms with Crippen LogP contribution in [0.4, 0.5) is 10.1 Å². The van der Waals surface area contributed by atoms with Crippen molar-refractivity contribution >= 4 is 23.0 Å². The van der Waals surface area contributed by atoms with Crippen molar-refractivity contribution in [3.8, 4) is 5.69 Å². The van der Waals surface area contributed by atoms with Gasteiger partial charge in [-0.25, -0.2) is 4.39 Å². The topological polar surface area (TPSA) is 46.0 Å². The van der Waals surface area contributed by atoms with Crippen LogP contribution in [0.5, 0.6) is 0 Å². The van der Waals surface area contributed by atoms with Crippen molar-refractivity contribution in [2.75, 3.05) is 4.90 Å². The molecular formula is C23H18FN5S. The summed E-state index contributed by atoms with van der Waals surface area (Å²) in [4.78, 5) is 10.6. The molecule has 4 aromatic rings. The number of hydrogen-bond acceptors (Lipinski definition) is 3. The summed E-state index contributed by atoms with van der Waals surface area (Å²) in [6.45, 7) is 0. The molecule has 2 unspecified atom stereocenters.